The molecule has 0 aliphatic rings. The van der Waals surface area contributed by atoms with Gasteiger partial charge in [0.2, 0.25) is 0 Å². The maximum absolute atomic E-state index is 11.5. The Kier molecular flexibility index (Phi) is 4.14. The molecule has 1 rings (SSSR count). The van der Waals surface area contributed by atoms with E-state index in [2.05, 4.69) is 36.7 Å². The summed E-state index contributed by atoms with van der Waals surface area (Å²) in [6.07, 6.45) is 0. The fraction of sp³-hybridized carbons (Fsp3) is 0.462. The highest BCUT2D eigenvalue weighted by atomic mass is 79.9. The first-order chi connectivity index (χ1) is 7.36. The third-order valence-electron chi connectivity index (χ3n) is 2.29. The second kappa shape index (κ2) is 5.00. The van der Waals surface area contributed by atoms with E-state index in [0.717, 1.165) is 4.47 Å². The van der Waals surface area contributed by atoms with Gasteiger partial charge in [0, 0.05) is 4.47 Å². The van der Waals surface area contributed by atoms with Crippen LogP contribution in [0.5, 0.6) is 0 Å². The van der Waals surface area contributed by atoms with E-state index in [1.165, 1.54) is 5.56 Å². The molecule has 0 atom stereocenters. The first-order valence-electron chi connectivity index (χ1n) is 5.33. The molecule has 0 aromatic heterocycles. The van der Waals surface area contributed by atoms with E-state index >= 15 is 0 Å². The number of esters is 1. The first-order valence-corrected chi connectivity index (χ1v) is 6.12. The van der Waals surface area contributed by atoms with Crippen LogP contribution in [-0.4, -0.2) is 12.6 Å². The highest BCUT2D eigenvalue weighted by Gasteiger charge is 2.18. The highest BCUT2D eigenvalue weighted by molar-refractivity contribution is 9.10. The number of halogens is 1. The summed E-state index contributed by atoms with van der Waals surface area (Å²) in [6, 6.07) is 5.60. The van der Waals surface area contributed by atoms with Crippen molar-refractivity contribution in [3.63, 3.8) is 0 Å². The molecule has 0 fully saturated rings. The summed E-state index contributed by atoms with van der Waals surface area (Å²) in [6.45, 7) is 8.61. The average molecular weight is 285 g/mol. The maximum atomic E-state index is 11.5. The summed E-state index contributed by atoms with van der Waals surface area (Å²) in [7, 11) is 0. The topological polar surface area (TPSA) is 26.3 Å². The van der Waals surface area contributed by atoms with Gasteiger partial charge in [-0.2, -0.15) is 0 Å². The summed E-state index contributed by atoms with van der Waals surface area (Å²) in [5.41, 5.74) is 1.83. The van der Waals surface area contributed by atoms with Gasteiger partial charge in [-0.3, -0.25) is 0 Å². The molecular formula is C13H17BrO2. The van der Waals surface area contributed by atoms with Gasteiger partial charge in [-0.05, 0) is 30.0 Å². The molecule has 1 aromatic carbocycles. The summed E-state index contributed by atoms with van der Waals surface area (Å²) >= 11 is 3.49. The molecule has 0 N–H and O–H groups in total. The molecule has 0 bridgehead atoms. The lowest BCUT2D eigenvalue weighted by Gasteiger charge is -2.21. The van der Waals surface area contributed by atoms with Crippen molar-refractivity contribution in [3.05, 3.63) is 33.8 Å². The second-order valence-electron chi connectivity index (χ2n) is 4.67. The molecule has 0 aliphatic carbocycles. The third kappa shape index (κ3) is 3.08. The Morgan fingerprint density at radius 1 is 1.38 bits per heavy atom. The lowest BCUT2D eigenvalue weighted by atomic mass is 9.87. The van der Waals surface area contributed by atoms with Crippen LogP contribution in [0.2, 0.25) is 0 Å². The predicted octanol–water partition coefficient (Wildman–Crippen LogP) is 3.92. The number of carbonyl (C=O) groups excluding carboxylic acids is 1. The molecule has 0 saturated carbocycles. The van der Waals surface area contributed by atoms with E-state index in [-0.39, 0.29) is 11.4 Å². The minimum absolute atomic E-state index is 0.0615. The molecule has 16 heavy (non-hydrogen) atoms. The van der Waals surface area contributed by atoms with Gasteiger partial charge in [0.15, 0.2) is 0 Å². The van der Waals surface area contributed by atoms with E-state index in [4.69, 9.17) is 4.74 Å². The van der Waals surface area contributed by atoms with E-state index in [1.807, 2.05) is 18.2 Å². The average Bonchev–Trinajstić information content (AvgIpc) is 2.16. The van der Waals surface area contributed by atoms with Crippen molar-refractivity contribution in [2.75, 3.05) is 6.61 Å². The van der Waals surface area contributed by atoms with Crippen molar-refractivity contribution >= 4 is 21.9 Å². The molecule has 0 radical (unpaired) electrons. The van der Waals surface area contributed by atoms with Crippen LogP contribution in [0.3, 0.4) is 0 Å². The van der Waals surface area contributed by atoms with Crippen molar-refractivity contribution in [1.82, 2.24) is 0 Å². The van der Waals surface area contributed by atoms with Crippen molar-refractivity contribution < 1.29 is 9.53 Å². The lowest BCUT2D eigenvalue weighted by molar-refractivity contribution is 0.0526. The standard InChI is InChI=1S/C13H17BrO2/c1-5-16-12(15)9-6-7-10(11(14)8-9)13(2,3)4/h6-8H,5H2,1-4H3. The van der Waals surface area contributed by atoms with Crippen LogP contribution >= 0.6 is 15.9 Å². The molecule has 1 aromatic rings. The Hall–Kier alpha value is -0.830. The Bertz CT molecular complexity index is 391. The number of hydrogen-bond donors (Lipinski definition) is 0. The summed E-state index contributed by atoms with van der Waals surface area (Å²) in [5.74, 6) is -0.274. The quantitative estimate of drug-likeness (QED) is 0.770. The highest BCUT2D eigenvalue weighted by Crippen LogP contribution is 2.30. The molecule has 0 unspecified atom stereocenters. The van der Waals surface area contributed by atoms with Gasteiger partial charge < -0.3 is 4.74 Å². The minimum atomic E-state index is -0.274. The smallest absolute Gasteiger partial charge is 0.338 e. The summed E-state index contributed by atoms with van der Waals surface area (Å²) < 4.78 is 5.90. The number of rotatable bonds is 2. The summed E-state index contributed by atoms with van der Waals surface area (Å²) in [4.78, 5) is 11.5. The van der Waals surface area contributed by atoms with Crippen molar-refractivity contribution in [1.29, 1.82) is 0 Å². The SMILES string of the molecule is CCOC(=O)c1ccc(C(C)(C)C)c(Br)c1. The van der Waals surface area contributed by atoms with Crippen LogP contribution in [0, 0.1) is 0 Å². The fourth-order valence-corrected chi connectivity index (χ4v) is 2.44. The van der Waals surface area contributed by atoms with Gasteiger partial charge in [0.25, 0.3) is 0 Å². The lowest BCUT2D eigenvalue weighted by Crippen LogP contribution is -2.13. The van der Waals surface area contributed by atoms with E-state index in [9.17, 15) is 4.79 Å². The molecule has 2 nitrogen and oxygen atoms in total. The third-order valence-corrected chi connectivity index (χ3v) is 2.94. The minimum Gasteiger partial charge on any atom is -0.462 e. The molecule has 0 saturated heterocycles. The largest absolute Gasteiger partial charge is 0.462 e. The first kappa shape index (κ1) is 13.2. The Labute approximate surface area is 105 Å². The van der Waals surface area contributed by atoms with Crippen molar-refractivity contribution in [2.45, 2.75) is 33.1 Å². The summed E-state index contributed by atoms with van der Waals surface area (Å²) in [5, 5.41) is 0. The van der Waals surface area contributed by atoms with Gasteiger partial charge in [0.05, 0.1) is 12.2 Å². The van der Waals surface area contributed by atoms with Crippen molar-refractivity contribution in [2.24, 2.45) is 0 Å². The van der Waals surface area contributed by atoms with Crippen molar-refractivity contribution in [3.8, 4) is 0 Å². The van der Waals surface area contributed by atoms with Crippen LogP contribution in [-0.2, 0) is 10.2 Å². The zero-order valence-electron chi connectivity index (χ0n) is 10.1. The molecule has 0 spiro atoms. The van der Waals surface area contributed by atoms with Gasteiger partial charge in [-0.15, -0.1) is 0 Å². The molecule has 0 aliphatic heterocycles. The zero-order chi connectivity index (χ0) is 12.3. The number of hydrogen-bond acceptors (Lipinski definition) is 2. The fourth-order valence-electron chi connectivity index (χ4n) is 1.46. The van der Waals surface area contributed by atoms with E-state index in [0.29, 0.717) is 12.2 Å². The van der Waals surface area contributed by atoms with Crippen LogP contribution in [0.15, 0.2) is 22.7 Å². The van der Waals surface area contributed by atoms with E-state index in [1.54, 1.807) is 6.92 Å². The van der Waals surface area contributed by atoms with Gasteiger partial charge in [-0.25, -0.2) is 4.79 Å². The number of carbonyl (C=O) groups is 1. The number of ether oxygens (including phenoxy) is 1. The maximum Gasteiger partial charge on any atom is 0.338 e. The molecule has 88 valence electrons. The normalized spacial score (nSPS) is 11.3. The van der Waals surface area contributed by atoms with Crippen LogP contribution < -0.4 is 0 Å². The molecule has 0 heterocycles. The molecule has 0 amide bonds. The Balaban J connectivity index is 3.05. The molecular weight excluding hydrogens is 268 g/mol. The number of benzene rings is 1. The van der Waals surface area contributed by atoms with Gasteiger partial charge in [-0.1, -0.05) is 42.8 Å². The predicted molar refractivity (Wildman–Crippen MR) is 68.8 cm³/mol. The van der Waals surface area contributed by atoms with Crippen LogP contribution in [0.1, 0.15) is 43.6 Å². The van der Waals surface area contributed by atoms with E-state index < -0.39 is 0 Å². The molecule has 3 heteroatoms. The van der Waals surface area contributed by atoms with Crippen LogP contribution in [0.4, 0.5) is 0 Å². The van der Waals surface area contributed by atoms with Gasteiger partial charge >= 0.3 is 5.97 Å². The zero-order valence-corrected chi connectivity index (χ0v) is 11.7. The second-order valence-corrected chi connectivity index (χ2v) is 5.52. The van der Waals surface area contributed by atoms with Crippen LogP contribution in [0.25, 0.3) is 0 Å². The Morgan fingerprint density at radius 3 is 2.44 bits per heavy atom. The monoisotopic (exact) mass is 284 g/mol. The Morgan fingerprint density at radius 2 is 2.00 bits per heavy atom. The van der Waals surface area contributed by atoms with Gasteiger partial charge in [0.1, 0.15) is 0 Å².